The molecule has 3 unspecified atom stereocenters. The Balaban J connectivity index is 1.87. The highest BCUT2D eigenvalue weighted by Gasteiger charge is 2.55. The lowest BCUT2D eigenvalue weighted by Gasteiger charge is -2.20. The summed E-state index contributed by atoms with van der Waals surface area (Å²) in [6.45, 7) is 9.71. The van der Waals surface area contributed by atoms with Crippen LogP contribution < -0.4 is 5.32 Å². The monoisotopic (exact) mass is 207 g/mol. The van der Waals surface area contributed by atoms with E-state index in [1.165, 1.54) is 31.3 Å². The fourth-order valence-corrected chi connectivity index (χ4v) is 3.54. The molecule has 0 aromatic carbocycles. The maximum atomic E-state index is 4.16. The highest BCUT2D eigenvalue weighted by Crippen LogP contribution is 2.59. The predicted molar refractivity (Wildman–Crippen MR) is 65.8 cm³/mol. The van der Waals surface area contributed by atoms with Crippen molar-refractivity contribution in [3.8, 4) is 0 Å². The Labute approximate surface area is 94.3 Å². The lowest BCUT2D eigenvalue weighted by Crippen LogP contribution is -2.32. The molecule has 0 aromatic heterocycles. The maximum Gasteiger partial charge on any atom is 0.0138 e. The van der Waals surface area contributed by atoms with Crippen LogP contribution in [0.25, 0.3) is 0 Å². The Kier molecular flexibility index (Phi) is 3.50. The van der Waals surface area contributed by atoms with Gasteiger partial charge in [0.15, 0.2) is 0 Å². The van der Waals surface area contributed by atoms with Crippen molar-refractivity contribution in [2.24, 2.45) is 17.8 Å². The van der Waals surface area contributed by atoms with Crippen LogP contribution in [0.5, 0.6) is 0 Å². The van der Waals surface area contributed by atoms with Crippen LogP contribution in [0.2, 0.25) is 0 Å². The standard InChI is InChI=1S/C14H25N/c1-4-10(3)9-13(15-5-2)14-11-7-6-8-12(11)14/h11-15H,3-9H2,1-2H3. The van der Waals surface area contributed by atoms with Gasteiger partial charge in [-0.3, -0.25) is 0 Å². The van der Waals surface area contributed by atoms with E-state index in [1.54, 1.807) is 0 Å². The molecule has 2 saturated carbocycles. The Hall–Kier alpha value is -0.300. The summed E-state index contributed by atoms with van der Waals surface area (Å²) in [5.41, 5.74) is 1.42. The zero-order valence-electron chi connectivity index (χ0n) is 10.3. The molecule has 15 heavy (non-hydrogen) atoms. The van der Waals surface area contributed by atoms with Crippen LogP contribution in [-0.4, -0.2) is 12.6 Å². The minimum atomic E-state index is 0.734. The lowest BCUT2D eigenvalue weighted by atomic mass is 9.97. The number of fused-ring (bicyclic) bond motifs is 1. The molecular weight excluding hydrogens is 182 g/mol. The van der Waals surface area contributed by atoms with Crippen LogP contribution >= 0.6 is 0 Å². The highest BCUT2D eigenvalue weighted by atomic mass is 14.9. The second kappa shape index (κ2) is 4.69. The van der Waals surface area contributed by atoms with E-state index in [9.17, 15) is 0 Å². The first-order valence-corrected chi connectivity index (χ1v) is 6.68. The zero-order chi connectivity index (χ0) is 10.8. The van der Waals surface area contributed by atoms with E-state index in [-0.39, 0.29) is 0 Å². The van der Waals surface area contributed by atoms with Crippen molar-refractivity contribution in [3.05, 3.63) is 12.2 Å². The van der Waals surface area contributed by atoms with Crippen molar-refractivity contribution in [1.82, 2.24) is 5.32 Å². The smallest absolute Gasteiger partial charge is 0.0138 e. The van der Waals surface area contributed by atoms with Crippen LogP contribution in [0.1, 0.15) is 46.0 Å². The van der Waals surface area contributed by atoms with E-state index < -0.39 is 0 Å². The van der Waals surface area contributed by atoms with Crippen molar-refractivity contribution >= 4 is 0 Å². The Bertz CT molecular complexity index is 223. The van der Waals surface area contributed by atoms with Crippen molar-refractivity contribution in [2.45, 2.75) is 52.0 Å². The molecule has 2 fully saturated rings. The number of nitrogens with one attached hydrogen (secondary N) is 1. The van der Waals surface area contributed by atoms with Crippen LogP contribution in [0.15, 0.2) is 12.2 Å². The van der Waals surface area contributed by atoms with Gasteiger partial charge in [0, 0.05) is 6.04 Å². The maximum absolute atomic E-state index is 4.16. The molecule has 0 spiro atoms. The van der Waals surface area contributed by atoms with Gasteiger partial charge >= 0.3 is 0 Å². The van der Waals surface area contributed by atoms with Crippen molar-refractivity contribution in [3.63, 3.8) is 0 Å². The number of rotatable bonds is 6. The van der Waals surface area contributed by atoms with E-state index in [0.717, 1.165) is 36.8 Å². The summed E-state index contributed by atoms with van der Waals surface area (Å²) in [4.78, 5) is 0. The van der Waals surface area contributed by atoms with Gasteiger partial charge in [-0.05, 0) is 50.0 Å². The Morgan fingerprint density at radius 3 is 2.53 bits per heavy atom. The normalized spacial score (nSPS) is 34.9. The van der Waals surface area contributed by atoms with Gasteiger partial charge in [0.1, 0.15) is 0 Å². The van der Waals surface area contributed by atoms with E-state index in [0.29, 0.717) is 0 Å². The molecule has 2 aliphatic carbocycles. The van der Waals surface area contributed by atoms with Gasteiger partial charge in [-0.15, -0.1) is 0 Å². The lowest BCUT2D eigenvalue weighted by molar-refractivity contribution is 0.408. The molecule has 1 nitrogen and oxygen atoms in total. The summed E-state index contributed by atoms with van der Waals surface area (Å²) < 4.78 is 0. The highest BCUT2D eigenvalue weighted by molar-refractivity contribution is 5.10. The molecule has 0 saturated heterocycles. The van der Waals surface area contributed by atoms with Crippen LogP contribution in [-0.2, 0) is 0 Å². The molecule has 0 aliphatic heterocycles. The van der Waals surface area contributed by atoms with Crippen LogP contribution in [0, 0.1) is 17.8 Å². The van der Waals surface area contributed by atoms with Crippen molar-refractivity contribution in [2.75, 3.05) is 6.54 Å². The minimum Gasteiger partial charge on any atom is -0.314 e. The molecular formula is C14H25N. The molecule has 2 rings (SSSR count). The van der Waals surface area contributed by atoms with Gasteiger partial charge in [-0.25, -0.2) is 0 Å². The molecule has 0 aromatic rings. The fourth-order valence-electron chi connectivity index (χ4n) is 3.54. The molecule has 0 heterocycles. The third kappa shape index (κ3) is 2.28. The second-order valence-corrected chi connectivity index (χ2v) is 5.31. The Morgan fingerprint density at radius 1 is 1.33 bits per heavy atom. The quantitative estimate of drug-likeness (QED) is 0.658. The third-order valence-corrected chi connectivity index (χ3v) is 4.41. The van der Waals surface area contributed by atoms with E-state index >= 15 is 0 Å². The van der Waals surface area contributed by atoms with Gasteiger partial charge in [-0.1, -0.05) is 32.4 Å². The summed E-state index contributed by atoms with van der Waals surface area (Å²) in [5.74, 6) is 3.12. The van der Waals surface area contributed by atoms with Crippen molar-refractivity contribution < 1.29 is 0 Å². The summed E-state index contributed by atoms with van der Waals surface area (Å²) in [5, 5.41) is 3.68. The molecule has 0 amide bonds. The van der Waals surface area contributed by atoms with E-state index in [4.69, 9.17) is 0 Å². The van der Waals surface area contributed by atoms with Gasteiger partial charge in [0.05, 0.1) is 0 Å². The zero-order valence-corrected chi connectivity index (χ0v) is 10.3. The summed E-state index contributed by atoms with van der Waals surface area (Å²) in [6, 6.07) is 0.734. The van der Waals surface area contributed by atoms with E-state index in [1.807, 2.05) is 0 Å². The van der Waals surface area contributed by atoms with Crippen LogP contribution in [0.3, 0.4) is 0 Å². The van der Waals surface area contributed by atoms with Crippen LogP contribution in [0.4, 0.5) is 0 Å². The minimum absolute atomic E-state index is 0.734. The molecule has 0 bridgehead atoms. The van der Waals surface area contributed by atoms with Gasteiger partial charge in [0.2, 0.25) is 0 Å². The third-order valence-electron chi connectivity index (χ3n) is 4.41. The summed E-state index contributed by atoms with van der Waals surface area (Å²) in [6.07, 6.45) is 6.83. The number of hydrogen-bond acceptors (Lipinski definition) is 1. The first-order valence-electron chi connectivity index (χ1n) is 6.68. The van der Waals surface area contributed by atoms with Crippen molar-refractivity contribution in [1.29, 1.82) is 0 Å². The Morgan fingerprint density at radius 2 is 2.00 bits per heavy atom. The summed E-state index contributed by atoms with van der Waals surface area (Å²) >= 11 is 0. The topological polar surface area (TPSA) is 12.0 Å². The average molecular weight is 207 g/mol. The van der Waals surface area contributed by atoms with Gasteiger partial charge in [-0.2, -0.15) is 0 Å². The first-order chi connectivity index (χ1) is 7.27. The molecule has 86 valence electrons. The molecule has 1 N–H and O–H groups in total. The van der Waals surface area contributed by atoms with Gasteiger partial charge < -0.3 is 5.32 Å². The fraction of sp³-hybridized carbons (Fsp3) is 0.857. The second-order valence-electron chi connectivity index (χ2n) is 5.31. The summed E-state index contributed by atoms with van der Waals surface area (Å²) in [7, 11) is 0. The average Bonchev–Trinajstić information content (AvgIpc) is 2.70. The predicted octanol–water partition coefficient (Wildman–Crippen LogP) is 3.37. The number of hydrogen-bond donors (Lipinski definition) is 1. The molecule has 3 atom stereocenters. The van der Waals surface area contributed by atoms with E-state index in [2.05, 4.69) is 25.7 Å². The molecule has 0 radical (unpaired) electrons. The van der Waals surface area contributed by atoms with Gasteiger partial charge in [0.25, 0.3) is 0 Å². The largest absolute Gasteiger partial charge is 0.314 e. The first kappa shape index (κ1) is 11.2. The SMILES string of the molecule is C=C(CC)CC(NCC)C1C2CCCC21. The molecule has 2 aliphatic rings. The molecule has 1 heteroatoms.